The first-order valence-electron chi connectivity index (χ1n) is 8.91. The molecule has 0 fully saturated rings. The second kappa shape index (κ2) is 7.03. The van der Waals surface area contributed by atoms with Gasteiger partial charge in [-0.05, 0) is 36.8 Å². The highest BCUT2D eigenvalue weighted by Gasteiger charge is 2.13. The first-order chi connectivity index (χ1) is 13.2. The van der Waals surface area contributed by atoms with Crippen LogP contribution in [0.1, 0.15) is 20.3 Å². The summed E-state index contributed by atoms with van der Waals surface area (Å²) in [6.45, 7) is 3.92. The van der Waals surface area contributed by atoms with Gasteiger partial charge in [-0.25, -0.2) is 4.98 Å². The molecule has 27 heavy (non-hydrogen) atoms. The van der Waals surface area contributed by atoms with Crippen LogP contribution in [0.5, 0.6) is 0 Å². The fourth-order valence-electron chi connectivity index (χ4n) is 2.92. The SMILES string of the molecule is CCC(C)C(=O)Nc1cccc(-c2n[nH]c3ccc(-c4ncn[nH]4)cc23)c1. The van der Waals surface area contributed by atoms with E-state index in [0.717, 1.165) is 39.8 Å². The van der Waals surface area contributed by atoms with Gasteiger partial charge in [0.1, 0.15) is 6.33 Å². The number of carbonyl (C=O) groups excluding carboxylic acids is 1. The number of nitrogens with one attached hydrogen (secondary N) is 3. The number of aromatic amines is 2. The summed E-state index contributed by atoms with van der Waals surface area (Å²) in [6, 6.07) is 13.7. The Balaban J connectivity index is 1.71. The van der Waals surface area contributed by atoms with E-state index in [2.05, 4.69) is 30.7 Å². The molecule has 2 aromatic carbocycles. The average Bonchev–Trinajstić information content (AvgIpc) is 3.36. The molecule has 0 saturated carbocycles. The lowest BCUT2D eigenvalue weighted by molar-refractivity contribution is -0.119. The van der Waals surface area contributed by atoms with Crippen LogP contribution < -0.4 is 5.32 Å². The fraction of sp³-hybridized carbons (Fsp3) is 0.200. The van der Waals surface area contributed by atoms with E-state index >= 15 is 0 Å². The molecule has 7 heteroatoms. The quantitative estimate of drug-likeness (QED) is 0.501. The van der Waals surface area contributed by atoms with Gasteiger partial charge in [0.2, 0.25) is 5.91 Å². The van der Waals surface area contributed by atoms with Crippen molar-refractivity contribution >= 4 is 22.5 Å². The predicted molar refractivity (Wildman–Crippen MR) is 105 cm³/mol. The molecule has 0 aliphatic carbocycles. The minimum Gasteiger partial charge on any atom is -0.326 e. The number of aromatic nitrogens is 5. The van der Waals surface area contributed by atoms with Gasteiger partial charge in [-0.1, -0.05) is 26.0 Å². The highest BCUT2D eigenvalue weighted by molar-refractivity contribution is 5.97. The number of benzene rings is 2. The molecular weight excluding hydrogens is 340 g/mol. The van der Waals surface area contributed by atoms with E-state index in [4.69, 9.17) is 0 Å². The number of fused-ring (bicyclic) bond motifs is 1. The molecule has 0 radical (unpaired) electrons. The number of carbonyl (C=O) groups is 1. The van der Waals surface area contributed by atoms with Crippen molar-refractivity contribution in [3.63, 3.8) is 0 Å². The van der Waals surface area contributed by atoms with Crippen LogP contribution in [0.3, 0.4) is 0 Å². The zero-order valence-electron chi connectivity index (χ0n) is 15.2. The standard InChI is InChI=1S/C20H20N6O/c1-3-12(2)20(27)23-15-6-4-5-13(9-15)18-16-10-14(19-21-11-22-26-19)7-8-17(16)24-25-18/h4-12H,3H2,1-2H3,(H,23,27)(H,24,25)(H,21,22,26). The molecule has 3 N–H and O–H groups in total. The monoisotopic (exact) mass is 360 g/mol. The molecule has 4 rings (SSSR count). The van der Waals surface area contributed by atoms with Crippen LogP contribution >= 0.6 is 0 Å². The van der Waals surface area contributed by atoms with E-state index in [9.17, 15) is 4.79 Å². The summed E-state index contributed by atoms with van der Waals surface area (Å²) in [4.78, 5) is 16.4. The van der Waals surface area contributed by atoms with Crippen LogP contribution in [0.2, 0.25) is 0 Å². The van der Waals surface area contributed by atoms with Crippen molar-refractivity contribution in [2.45, 2.75) is 20.3 Å². The minimum atomic E-state index is -0.0238. The summed E-state index contributed by atoms with van der Waals surface area (Å²) in [5.41, 5.74) is 4.38. The van der Waals surface area contributed by atoms with Crippen LogP contribution in [0.4, 0.5) is 5.69 Å². The second-order valence-corrected chi connectivity index (χ2v) is 6.55. The molecule has 1 amide bonds. The largest absolute Gasteiger partial charge is 0.326 e. The summed E-state index contributed by atoms with van der Waals surface area (Å²) >= 11 is 0. The lowest BCUT2D eigenvalue weighted by atomic mass is 10.0. The Hall–Kier alpha value is -3.48. The minimum absolute atomic E-state index is 0.0224. The summed E-state index contributed by atoms with van der Waals surface area (Å²) < 4.78 is 0. The maximum absolute atomic E-state index is 12.2. The molecule has 2 aromatic heterocycles. The zero-order valence-corrected chi connectivity index (χ0v) is 15.2. The van der Waals surface area contributed by atoms with E-state index in [1.165, 1.54) is 6.33 Å². The van der Waals surface area contributed by atoms with Crippen molar-refractivity contribution in [3.8, 4) is 22.6 Å². The lowest BCUT2D eigenvalue weighted by Gasteiger charge is -2.10. The first-order valence-corrected chi connectivity index (χ1v) is 8.91. The van der Waals surface area contributed by atoms with Crippen molar-refractivity contribution in [2.75, 3.05) is 5.32 Å². The van der Waals surface area contributed by atoms with Gasteiger partial charge in [-0.3, -0.25) is 15.0 Å². The van der Waals surface area contributed by atoms with E-state index in [0.29, 0.717) is 5.82 Å². The van der Waals surface area contributed by atoms with E-state index < -0.39 is 0 Å². The summed E-state index contributed by atoms with van der Waals surface area (Å²) in [7, 11) is 0. The van der Waals surface area contributed by atoms with E-state index in [-0.39, 0.29) is 11.8 Å². The van der Waals surface area contributed by atoms with E-state index in [1.54, 1.807) is 0 Å². The topological polar surface area (TPSA) is 99.3 Å². The highest BCUT2D eigenvalue weighted by atomic mass is 16.1. The summed E-state index contributed by atoms with van der Waals surface area (Å²) in [5.74, 6) is 0.706. The molecule has 7 nitrogen and oxygen atoms in total. The molecule has 0 bridgehead atoms. The van der Waals surface area contributed by atoms with Crippen LogP contribution in [-0.4, -0.2) is 31.3 Å². The number of nitrogens with zero attached hydrogens (tertiary/aromatic N) is 3. The maximum atomic E-state index is 12.2. The third-order valence-electron chi connectivity index (χ3n) is 4.71. The molecule has 0 spiro atoms. The number of hydrogen-bond donors (Lipinski definition) is 3. The van der Waals surface area contributed by atoms with Crippen LogP contribution in [-0.2, 0) is 4.79 Å². The van der Waals surface area contributed by atoms with Gasteiger partial charge in [-0.15, -0.1) is 0 Å². The van der Waals surface area contributed by atoms with E-state index in [1.807, 2.05) is 56.3 Å². The van der Waals surface area contributed by atoms with Gasteiger partial charge in [0.25, 0.3) is 0 Å². The average molecular weight is 360 g/mol. The van der Waals surface area contributed by atoms with Gasteiger partial charge in [0, 0.05) is 28.1 Å². The second-order valence-electron chi connectivity index (χ2n) is 6.55. The molecule has 0 saturated heterocycles. The predicted octanol–water partition coefficient (Wildman–Crippen LogP) is 4.00. The molecule has 0 aliphatic rings. The third kappa shape index (κ3) is 3.31. The maximum Gasteiger partial charge on any atom is 0.227 e. The Bertz CT molecular complexity index is 1080. The van der Waals surface area contributed by atoms with Gasteiger partial charge < -0.3 is 5.32 Å². The van der Waals surface area contributed by atoms with Crippen LogP contribution in [0.25, 0.3) is 33.5 Å². The van der Waals surface area contributed by atoms with Gasteiger partial charge in [-0.2, -0.15) is 10.2 Å². The van der Waals surface area contributed by atoms with Gasteiger partial charge in [0.15, 0.2) is 5.82 Å². The molecule has 0 aliphatic heterocycles. The summed E-state index contributed by atoms with van der Waals surface area (Å²) in [6.07, 6.45) is 2.29. The fourth-order valence-corrected chi connectivity index (χ4v) is 2.92. The van der Waals surface area contributed by atoms with Crippen LogP contribution in [0.15, 0.2) is 48.8 Å². The number of hydrogen-bond acceptors (Lipinski definition) is 4. The normalized spacial score (nSPS) is 12.2. The van der Waals surface area contributed by atoms with Gasteiger partial charge in [0.05, 0.1) is 11.2 Å². The highest BCUT2D eigenvalue weighted by Crippen LogP contribution is 2.30. The van der Waals surface area contributed by atoms with Crippen molar-refractivity contribution in [1.82, 2.24) is 25.4 Å². The number of anilines is 1. The van der Waals surface area contributed by atoms with Crippen molar-refractivity contribution in [2.24, 2.45) is 5.92 Å². The smallest absolute Gasteiger partial charge is 0.227 e. The Labute approximate surface area is 156 Å². The molecule has 4 aromatic rings. The molecule has 136 valence electrons. The third-order valence-corrected chi connectivity index (χ3v) is 4.71. The van der Waals surface area contributed by atoms with Crippen molar-refractivity contribution in [1.29, 1.82) is 0 Å². The summed E-state index contributed by atoms with van der Waals surface area (Å²) in [5, 5.41) is 18.3. The Morgan fingerprint density at radius 1 is 1.15 bits per heavy atom. The zero-order chi connectivity index (χ0) is 18.8. The lowest BCUT2D eigenvalue weighted by Crippen LogP contribution is -2.19. The molecule has 1 atom stereocenters. The first kappa shape index (κ1) is 17.0. The van der Waals surface area contributed by atoms with Gasteiger partial charge >= 0.3 is 0 Å². The number of rotatable bonds is 5. The Kier molecular flexibility index (Phi) is 4.42. The number of H-pyrrole nitrogens is 2. The molecular formula is C20H20N6O. The van der Waals surface area contributed by atoms with Crippen molar-refractivity contribution < 1.29 is 4.79 Å². The molecule has 2 heterocycles. The molecule has 1 unspecified atom stereocenters. The van der Waals surface area contributed by atoms with Crippen LogP contribution in [0, 0.1) is 5.92 Å². The Morgan fingerprint density at radius 2 is 2.04 bits per heavy atom. The van der Waals surface area contributed by atoms with Crippen molar-refractivity contribution in [3.05, 3.63) is 48.8 Å². The Morgan fingerprint density at radius 3 is 2.81 bits per heavy atom. The number of amides is 1.